The number of benzene rings is 2. The van der Waals surface area contributed by atoms with Crippen LogP contribution in [0.1, 0.15) is 12.5 Å². The van der Waals surface area contributed by atoms with Gasteiger partial charge in [-0.1, -0.05) is 29.8 Å². The third-order valence-electron chi connectivity index (χ3n) is 3.52. The Hall–Kier alpha value is -2.00. The summed E-state index contributed by atoms with van der Waals surface area (Å²) in [5, 5.41) is 3.57. The van der Waals surface area contributed by atoms with E-state index in [2.05, 4.69) is 18.3 Å². The van der Waals surface area contributed by atoms with Crippen LogP contribution in [0.4, 0.5) is 16.2 Å². The topological polar surface area (TPSA) is 32.3 Å². The summed E-state index contributed by atoms with van der Waals surface area (Å²) in [6, 6.07) is 15.2. The highest BCUT2D eigenvalue weighted by Gasteiger charge is 2.30. The monoisotopic (exact) mass is 286 g/mol. The van der Waals surface area contributed by atoms with Crippen LogP contribution in [0.15, 0.2) is 48.5 Å². The Labute approximate surface area is 123 Å². The maximum atomic E-state index is 12.5. The van der Waals surface area contributed by atoms with E-state index in [1.165, 1.54) is 5.56 Å². The standard InChI is InChI=1S/C16H15ClN2O/c1-11-10-12-4-2-3-5-15(12)19(11)16(20)18-14-8-6-13(17)7-9-14/h2-9,11H,10H2,1H3,(H,18,20)/t11-/m0/s1. The first kappa shape index (κ1) is 13.0. The number of para-hydroxylation sites is 1. The number of anilines is 2. The molecule has 0 unspecified atom stereocenters. The van der Waals surface area contributed by atoms with Gasteiger partial charge in [-0.25, -0.2) is 4.79 Å². The van der Waals surface area contributed by atoms with E-state index in [9.17, 15) is 4.79 Å². The van der Waals surface area contributed by atoms with Crippen LogP contribution in [0.25, 0.3) is 0 Å². The van der Waals surface area contributed by atoms with Crippen LogP contribution in [-0.4, -0.2) is 12.1 Å². The quantitative estimate of drug-likeness (QED) is 0.832. The molecule has 1 heterocycles. The van der Waals surface area contributed by atoms with E-state index >= 15 is 0 Å². The van der Waals surface area contributed by atoms with Crippen LogP contribution < -0.4 is 10.2 Å². The molecule has 0 saturated carbocycles. The molecule has 0 spiro atoms. The number of halogens is 1. The molecule has 2 aromatic rings. The molecule has 1 N–H and O–H groups in total. The number of amides is 2. The van der Waals surface area contributed by atoms with Crippen molar-refractivity contribution in [1.29, 1.82) is 0 Å². The fourth-order valence-corrected chi connectivity index (χ4v) is 2.72. The Morgan fingerprint density at radius 3 is 2.65 bits per heavy atom. The molecule has 3 nitrogen and oxygen atoms in total. The normalized spacial score (nSPS) is 16.9. The Bertz CT molecular complexity index is 639. The van der Waals surface area contributed by atoms with Crippen LogP contribution in [0.2, 0.25) is 5.02 Å². The van der Waals surface area contributed by atoms with Gasteiger partial charge in [-0.3, -0.25) is 4.90 Å². The number of urea groups is 1. The molecule has 0 saturated heterocycles. The molecule has 20 heavy (non-hydrogen) atoms. The van der Waals surface area contributed by atoms with Crippen molar-refractivity contribution in [3.63, 3.8) is 0 Å². The maximum Gasteiger partial charge on any atom is 0.326 e. The Kier molecular flexibility index (Phi) is 3.36. The number of nitrogens with one attached hydrogen (secondary N) is 1. The number of rotatable bonds is 1. The van der Waals surface area contributed by atoms with E-state index in [4.69, 9.17) is 11.6 Å². The van der Waals surface area contributed by atoms with Crippen molar-refractivity contribution in [2.45, 2.75) is 19.4 Å². The number of carbonyl (C=O) groups is 1. The minimum atomic E-state index is -0.107. The van der Waals surface area contributed by atoms with Crippen molar-refractivity contribution in [2.75, 3.05) is 10.2 Å². The first-order valence-electron chi connectivity index (χ1n) is 6.59. The molecule has 0 aliphatic carbocycles. The van der Waals surface area contributed by atoms with E-state index in [0.29, 0.717) is 5.02 Å². The summed E-state index contributed by atoms with van der Waals surface area (Å²) >= 11 is 5.84. The molecule has 0 fully saturated rings. The van der Waals surface area contributed by atoms with Gasteiger partial charge in [0.1, 0.15) is 0 Å². The zero-order valence-electron chi connectivity index (χ0n) is 11.1. The lowest BCUT2D eigenvalue weighted by Gasteiger charge is -2.23. The van der Waals surface area contributed by atoms with Crippen LogP contribution >= 0.6 is 11.6 Å². The van der Waals surface area contributed by atoms with Gasteiger partial charge in [0.2, 0.25) is 0 Å². The first-order valence-corrected chi connectivity index (χ1v) is 6.96. The molecule has 1 aliphatic rings. The largest absolute Gasteiger partial charge is 0.326 e. The van der Waals surface area contributed by atoms with Gasteiger partial charge in [0.25, 0.3) is 0 Å². The molecule has 3 rings (SSSR count). The number of carbonyl (C=O) groups excluding carboxylic acids is 1. The predicted octanol–water partition coefficient (Wildman–Crippen LogP) is 4.32. The summed E-state index contributed by atoms with van der Waals surface area (Å²) in [5.41, 5.74) is 2.95. The molecule has 2 amide bonds. The Morgan fingerprint density at radius 2 is 1.90 bits per heavy atom. The molecule has 0 radical (unpaired) electrons. The summed E-state index contributed by atoms with van der Waals surface area (Å²) < 4.78 is 0. The summed E-state index contributed by atoms with van der Waals surface area (Å²) in [6.45, 7) is 2.06. The maximum absolute atomic E-state index is 12.5. The predicted molar refractivity (Wildman–Crippen MR) is 82.6 cm³/mol. The molecule has 1 aliphatic heterocycles. The average molecular weight is 287 g/mol. The lowest BCUT2D eigenvalue weighted by atomic mass is 10.1. The van der Waals surface area contributed by atoms with Crippen molar-refractivity contribution in [1.82, 2.24) is 0 Å². The van der Waals surface area contributed by atoms with Gasteiger partial charge in [0.15, 0.2) is 0 Å². The molecule has 0 aromatic heterocycles. The highest BCUT2D eigenvalue weighted by molar-refractivity contribution is 6.30. The van der Waals surface area contributed by atoms with Gasteiger partial charge >= 0.3 is 6.03 Å². The van der Waals surface area contributed by atoms with Crippen molar-refractivity contribution >= 4 is 29.0 Å². The van der Waals surface area contributed by atoms with Crippen LogP contribution in [-0.2, 0) is 6.42 Å². The van der Waals surface area contributed by atoms with E-state index in [1.807, 2.05) is 23.1 Å². The van der Waals surface area contributed by atoms with Gasteiger partial charge in [0, 0.05) is 22.4 Å². The average Bonchev–Trinajstić information content (AvgIpc) is 2.77. The van der Waals surface area contributed by atoms with E-state index in [-0.39, 0.29) is 12.1 Å². The second-order valence-electron chi connectivity index (χ2n) is 4.99. The van der Waals surface area contributed by atoms with Gasteiger partial charge in [-0.15, -0.1) is 0 Å². The van der Waals surface area contributed by atoms with Crippen molar-refractivity contribution < 1.29 is 4.79 Å². The van der Waals surface area contributed by atoms with E-state index in [0.717, 1.165) is 17.8 Å². The second-order valence-corrected chi connectivity index (χ2v) is 5.43. The SMILES string of the molecule is C[C@H]1Cc2ccccc2N1C(=O)Nc1ccc(Cl)cc1. The summed E-state index contributed by atoms with van der Waals surface area (Å²) in [6.07, 6.45) is 0.893. The van der Waals surface area contributed by atoms with Crippen LogP contribution in [0, 0.1) is 0 Å². The second kappa shape index (κ2) is 5.17. The summed E-state index contributed by atoms with van der Waals surface area (Å²) in [7, 11) is 0. The Morgan fingerprint density at radius 1 is 1.20 bits per heavy atom. The van der Waals surface area contributed by atoms with E-state index in [1.54, 1.807) is 24.3 Å². The molecule has 1 atom stereocenters. The molecule has 102 valence electrons. The minimum Gasteiger partial charge on any atom is -0.308 e. The van der Waals surface area contributed by atoms with E-state index < -0.39 is 0 Å². The first-order chi connectivity index (χ1) is 9.65. The summed E-state index contributed by atoms with van der Waals surface area (Å²) in [5.74, 6) is 0. The lowest BCUT2D eigenvalue weighted by Crippen LogP contribution is -2.39. The highest BCUT2D eigenvalue weighted by atomic mass is 35.5. The van der Waals surface area contributed by atoms with Crippen molar-refractivity contribution in [3.8, 4) is 0 Å². The Balaban J connectivity index is 1.82. The summed E-state index contributed by atoms with van der Waals surface area (Å²) in [4.78, 5) is 14.3. The van der Waals surface area contributed by atoms with Gasteiger partial charge in [0.05, 0.1) is 0 Å². The third-order valence-corrected chi connectivity index (χ3v) is 3.77. The highest BCUT2D eigenvalue weighted by Crippen LogP contribution is 2.32. The third kappa shape index (κ3) is 2.37. The van der Waals surface area contributed by atoms with Gasteiger partial charge < -0.3 is 5.32 Å². The zero-order chi connectivity index (χ0) is 14.1. The van der Waals surface area contributed by atoms with Crippen molar-refractivity contribution in [2.24, 2.45) is 0 Å². The van der Waals surface area contributed by atoms with Gasteiger partial charge in [-0.2, -0.15) is 0 Å². The molecule has 2 aromatic carbocycles. The minimum absolute atomic E-state index is 0.107. The molecular weight excluding hydrogens is 272 g/mol. The molecule has 4 heteroatoms. The smallest absolute Gasteiger partial charge is 0.308 e. The number of fused-ring (bicyclic) bond motifs is 1. The number of hydrogen-bond donors (Lipinski definition) is 1. The fraction of sp³-hybridized carbons (Fsp3) is 0.188. The molecule has 0 bridgehead atoms. The molecular formula is C16H15ClN2O. The van der Waals surface area contributed by atoms with Crippen LogP contribution in [0.3, 0.4) is 0 Å². The number of hydrogen-bond acceptors (Lipinski definition) is 1. The van der Waals surface area contributed by atoms with Crippen molar-refractivity contribution in [3.05, 3.63) is 59.1 Å². The fourth-order valence-electron chi connectivity index (χ4n) is 2.59. The number of nitrogens with zero attached hydrogens (tertiary/aromatic N) is 1. The zero-order valence-corrected chi connectivity index (χ0v) is 11.9. The van der Waals surface area contributed by atoms with Gasteiger partial charge in [-0.05, 0) is 49.2 Å². The van der Waals surface area contributed by atoms with Crippen LogP contribution in [0.5, 0.6) is 0 Å². The lowest BCUT2D eigenvalue weighted by molar-refractivity contribution is 0.256.